The molecule has 0 heteroatoms. The van der Waals surface area contributed by atoms with Crippen LogP contribution >= 0.6 is 0 Å². The average Bonchev–Trinajstić information content (AvgIpc) is 2.92. The minimum Gasteiger partial charge on any atom is -0.0616 e. The van der Waals surface area contributed by atoms with Crippen LogP contribution in [-0.4, -0.2) is 0 Å². The van der Waals surface area contributed by atoms with Gasteiger partial charge in [-0.15, -0.1) is 0 Å². The second-order valence-corrected chi connectivity index (χ2v) is 9.86. The van der Waals surface area contributed by atoms with Crippen LogP contribution in [-0.2, 0) is 0 Å². The van der Waals surface area contributed by atoms with Gasteiger partial charge in [-0.25, -0.2) is 0 Å². The molecule has 0 atom stereocenters. The first kappa shape index (κ1) is 20.9. The van der Waals surface area contributed by atoms with E-state index in [-0.39, 0.29) is 0 Å². The minimum absolute atomic E-state index is 1.27. The fourth-order valence-electron chi connectivity index (χ4n) is 5.88. The molecule has 0 saturated carbocycles. The molecule has 0 amide bonds. The maximum atomic E-state index is 2.38. The third-order valence-corrected chi connectivity index (χ3v) is 7.73. The van der Waals surface area contributed by atoms with Crippen molar-refractivity contribution in [1.82, 2.24) is 0 Å². The molecule has 0 radical (unpaired) electrons. The maximum absolute atomic E-state index is 2.38. The van der Waals surface area contributed by atoms with Crippen LogP contribution in [0.5, 0.6) is 0 Å². The van der Waals surface area contributed by atoms with E-state index < -0.39 is 0 Å². The molecule has 170 valence electrons. The fourth-order valence-corrected chi connectivity index (χ4v) is 5.88. The lowest BCUT2D eigenvalue weighted by Gasteiger charge is -2.19. The Morgan fingerprint density at radius 1 is 0.333 bits per heavy atom. The van der Waals surface area contributed by atoms with Crippen LogP contribution in [0.2, 0.25) is 0 Å². The standard InChI is InChI=1S/C36H26/c1-23-15-18-32(30-13-7-5-11-28(23)30)34-20-17-27-21-25-9-3-4-10-26(25)22-35(27)36(34)33-19-16-24(2)29-12-6-8-14-31(29)33/h3-22H,1-2H3. The highest BCUT2D eigenvalue weighted by atomic mass is 14.2. The molecular weight excluding hydrogens is 432 g/mol. The predicted octanol–water partition coefficient (Wildman–Crippen LogP) is 10.3. The van der Waals surface area contributed by atoms with E-state index in [0.717, 1.165) is 0 Å². The summed E-state index contributed by atoms with van der Waals surface area (Å²) in [7, 11) is 0. The first-order valence-corrected chi connectivity index (χ1v) is 12.6. The van der Waals surface area contributed by atoms with Crippen LogP contribution in [0.1, 0.15) is 11.1 Å². The molecule has 0 spiro atoms. The van der Waals surface area contributed by atoms with Crippen molar-refractivity contribution < 1.29 is 0 Å². The third kappa shape index (κ3) is 3.15. The van der Waals surface area contributed by atoms with Crippen molar-refractivity contribution in [2.75, 3.05) is 0 Å². The van der Waals surface area contributed by atoms with Crippen molar-refractivity contribution in [1.29, 1.82) is 0 Å². The van der Waals surface area contributed by atoms with Gasteiger partial charge in [-0.1, -0.05) is 109 Å². The highest BCUT2D eigenvalue weighted by Gasteiger charge is 2.17. The van der Waals surface area contributed by atoms with E-state index in [1.54, 1.807) is 0 Å². The van der Waals surface area contributed by atoms with Gasteiger partial charge < -0.3 is 0 Å². The Kier molecular flexibility index (Phi) is 4.69. The molecule has 0 bridgehead atoms. The highest BCUT2D eigenvalue weighted by Crippen LogP contribution is 2.44. The molecule has 0 aliphatic heterocycles. The summed E-state index contributed by atoms with van der Waals surface area (Å²) in [4.78, 5) is 0. The largest absolute Gasteiger partial charge is 0.0616 e. The third-order valence-electron chi connectivity index (χ3n) is 7.73. The van der Waals surface area contributed by atoms with Crippen LogP contribution in [0.15, 0.2) is 121 Å². The van der Waals surface area contributed by atoms with E-state index in [1.165, 1.54) is 76.5 Å². The molecule has 0 aliphatic carbocycles. The average molecular weight is 459 g/mol. The molecule has 36 heavy (non-hydrogen) atoms. The molecule has 0 unspecified atom stereocenters. The van der Waals surface area contributed by atoms with Gasteiger partial charge in [0.15, 0.2) is 0 Å². The summed E-state index contributed by atoms with van der Waals surface area (Å²) in [5.74, 6) is 0. The monoisotopic (exact) mass is 458 g/mol. The van der Waals surface area contributed by atoms with Gasteiger partial charge in [0.05, 0.1) is 0 Å². The molecule has 0 nitrogen and oxygen atoms in total. The smallest absolute Gasteiger partial charge is 0.00201 e. The van der Waals surface area contributed by atoms with E-state index in [1.807, 2.05) is 0 Å². The van der Waals surface area contributed by atoms with Crippen molar-refractivity contribution in [3.05, 3.63) is 132 Å². The summed E-state index contributed by atoms with van der Waals surface area (Å²) in [5.41, 5.74) is 7.78. The summed E-state index contributed by atoms with van der Waals surface area (Å²) in [6.45, 7) is 4.41. The van der Waals surface area contributed by atoms with Gasteiger partial charge in [-0.3, -0.25) is 0 Å². The Morgan fingerprint density at radius 2 is 0.833 bits per heavy atom. The molecule has 0 N–H and O–H groups in total. The van der Waals surface area contributed by atoms with E-state index in [0.29, 0.717) is 0 Å². The summed E-state index contributed by atoms with van der Waals surface area (Å²) in [5, 5.41) is 10.3. The molecule has 7 aromatic rings. The summed E-state index contributed by atoms with van der Waals surface area (Å²) in [6.07, 6.45) is 0. The van der Waals surface area contributed by atoms with E-state index in [4.69, 9.17) is 0 Å². The Hall–Kier alpha value is -4.42. The molecule has 0 fully saturated rings. The quantitative estimate of drug-likeness (QED) is 0.226. The van der Waals surface area contributed by atoms with Crippen molar-refractivity contribution in [3.8, 4) is 22.3 Å². The van der Waals surface area contributed by atoms with E-state index in [2.05, 4.69) is 135 Å². The Labute approximate surface area is 211 Å². The number of fused-ring (bicyclic) bond motifs is 4. The molecule has 0 aliphatic rings. The van der Waals surface area contributed by atoms with Crippen LogP contribution < -0.4 is 0 Å². The first-order chi connectivity index (χ1) is 17.7. The van der Waals surface area contributed by atoms with E-state index >= 15 is 0 Å². The normalized spacial score (nSPS) is 11.6. The minimum atomic E-state index is 1.27. The Morgan fingerprint density at radius 3 is 1.50 bits per heavy atom. The number of benzene rings is 7. The molecule has 0 heterocycles. The van der Waals surface area contributed by atoms with Gasteiger partial charge in [-0.2, -0.15) is 0 Å². The highest BCUT2D eigenvalue weighted by molar-refractivity contribution is 6.16. The number of hydrogen-bond acceptors (Lipinski definition) is 0. The second kappa shape index (κ2) is 8.07. The molecule has 0 aromatic heterocycles. The SMILES string of the molecule is Cc1ccc(-c2ccc3cc4ccccc4cc3c2-c2ccc(C)c3ccccc23)c2ccccc12. The second-order valence-electron chi connectivity index (χ2n) is 9.86. The van der Waals surface area contributed by atoms with Crippen LogP contribution in [0, 0.1) is 13.8 Å². The Bertz CT molecular complexity index is 1960. The zero-order chi connectivity index (χ0) is 24.2. The number of rotatable bonds is 2. The van der Waals surface area contributed by atoms with Crippen molar-refractivity contribution in [3.63, 3.8) is 0 Å². The first-order valence-electron chi connectivity index (χ1n) is 12.6. The lowest BCUT2D eigenvalue weighted by molar-refractivity contribution is 1.52. The van der Waals surface area contributed by atoms with Crippen molar-refractivity contribution in [2.24, 2.45) is 0 Å². The molecule has 7 rings (SSSR count). The zero-order valence-corrected chi connectivity index (χ0v) is 20.5. The Balaban J connectivity index is 1.68. The maximum Gasteiger partial charge on any atom is -0.00201 e. The zero-order valence-electron chi connectivity index (χ0n) is 20.5. The van der Waals surface area contributed by atoms with Crippen LogP contribution in [0.25, 0.3) is 65.3 Å². The lowest BCUT2D eigenvalue weighted by atomic mass is 9.84. The fraction of sp³-hybridized carbons (Fsp3) is 0.0556. The van der Waals surface area contributed by atoms with Crippen LogP contribution in [0.4, 0.5) is 0 Å². The van der Waals surface area contributed by atoms with Gasteiger partial charge in [0.25, 0.3) is 0 Å². The van der Waals surface area contributed by atoms with Crippen molar-refractivity contribution in [2.45, 2.75) is 13.8 Å². The molecule has 0 saturated heterocycles. The van der Waals surface area contributed by atoms with E-state index in [9.17, 15) is 0 Å². The molecular formula is C36H26. The van der Waals surface area contributed by atoms with Crippen molar-refractivity contribution >= 4 is 43.1 Å². The number of aryl methyl sites for hydroxylation is 2. The number of hydrogen-bond donors (Lipinski definition) is 0. The summed E-state index contributed by atoms with van der Waals surface area (Å²) >= 11 is 0. The lowest BCUT2D eigenvalue weighted by Crippen LogP contribution is -1.92. The van der Waals surface area contributed by atoms with Gasteiger partial charge in [0, 0.05) is 0 Å². The van der Waals surface area contributed by atoms with Gasteiger partial charge in [0.1, 0.15) is 0 Å². The summed E-state index contributed by atoms with van der Waals surface area (Å²) < 4.78 is 0. The van der Waals surface area contributed by atoms with Crippen LogP contribution in [0.3, 0.4) is 0 Å². The summed E-state index contributed by atoms with van der Waals surface area (Å²) in [6, 6.07) is 44.8. The van der Waals surface area contributed by atoms with Gasteiger partial charge in [-0.05, 0) is 102 Å². The topological polar surface area (TPSA) is 0 Å². The predicted molar refractivity (Wildman–Crippen MR) is 157 cm³/mol. The van der Waals surface area contributed by atoms with Gasteiger partial charge in [0.2, 0.25) is 0 Å². The van der Waals surface area contributed by atoms with Gasteiger partial charge >= 0.3 is 0 Å². The molecule has 7 aromatic carbocycles.